The quantitative estimate of drug-likeness (QED) is 0.631. The number of para-hydroxylation sites is 1. The molecule has 0 bridgehead atoms. The molecular formula is C20H23NO3. The average molecular weight is 325 g/mol. The van der Waals surface area contributed by atoms with Crippen molar-refractivity contribution in [2.75, 3.05) is 31.2 Å². The summed E-state index contributed by atoms with van der Waals surface area (Å²) in [6, 6.07) is 11.4. The van der Waals surface area contributed by atoms with Crippen LogP contribution in [0.3, 0.4) is 0 Å². The molecule has 0 N–H and O–H groups in total. The first kappa shape index (κ1) is 16.5. The molecule has 0 unspecified atom stereocenters. The topological polar surface area (TPSA) is 42.7 Å². The highest BCUT2D eigenvalue weighted by Gasteiger charge is 2.16. The Hall–Kier alpha value is -2.33. The van der Waals surface area contributed by atoms with E-state index in [9.17, 15) is 4.79 Å². The van der Waals surface area contributed by atoms with Crippen molar-refractivity contribution in [2.24, 2.45) is 0 Å². The Morgan fingerprint density at radius 2 is 1.71 bits per heavy atom. The molecule has 2 aromatic carbocycles. The summed E-state index contributed by atoms with van der Waals surface area (Å²) in [5.41, 5.74) is 3.39. The Balaban J connectivity index is 0.000000815. The molecule has 2 heterocycles. The van der Waals surface area contributed by atoms with Crippen LogP contribution >= 0.6 is 0 Å². The maximum atomic E-state index is 12.7. The van der Waals surface area contributed by atoms with E-state index in [1.54, 1.807) is 0 Å². The molecule has 1 aromatic heterocycles. The molecule has 0 saturated carbocycles. The Labute approximate surface area is 141 Å². The zero-order chi connectivity index (χ0) is 17.1. The van der Waals surface area contributed by atoms with E-state index >= 15 is 0 Å². The van der Waals surface area contributed by atoms with Crippen molar-refractivity contribution < 1.29 is 9.15 Å². The number of aryl methyl sites for hydroxylation is 1. The van der Waals surface area contributed by atoms with Gasteiger partial charge in [0.25, 0.3) is 0 Å². The van der Waals surface area contributed by atoms with Crippen molar-refractivity contribution in [3.05, 3.63) is 52.2 Å². The van der Waals surface area contributed by atoms with Crippen LogP contribution in [-0.2, 0) is 4.74 Å². The van der Waals surface area contributed by atoms with Crippen molar-refractivity contribution in [1.82, 2.24) is 0 Å². The molecule has 1 fully saturated rings. The average Bonchev–Trinajstić information content (AvgIpc) is 2.64. The first-order valence-electron chi connectivity index (χ1n) is 8.53. The van der Waals surface area contributed by atoms with Gasteiger partial charge in [-0.1, -0.05) is 26.0 Å². The fourth-order valence-corrected chi connectivity index (χ4v) is 3.11. The molecule has 1 saturated heterocycles. The molecule has 24 heavy (non-hydrogen) atoms. The second-order valence-electron chi connectivity index (χ2n) is 5.66. The van der Waals surface area contributed by atoms with Crippen molar-refractivity contribution >= 4 is 27.6 Å². The first-order valence-corrected chi connectivity index (χ1v) is 8.53. The van der Waals surface area contributed by atoms with E-state index < -0.39 is 0 Å². The number of hydrogen-bond donors (Lipinski definition) is 0. The van der Waals surface area contributed by atoms with Gasteiger partial charge in [0.1, 0.15) is 11.2 Å². The van der Waals surface area contributed by atoms with E-state index in [4.69, 9.17) is 9.15 Å². The number of morpholine rings is 1. The summed E-state index contributed by atoms with van der Waals surface area (Å²) in [4.78, 5) is 15.0. The van der Waals surface area contributed by atoms with Crippen LogP contribution < -0.4 is 10.3 Å². The smallest absolute Gasteiger partial charge is 0.200 e. The fourth-order valence-electron chi connectivity index (χ4n) is 3.11. The van der Waals surface area contributed by atoms with Crippen LogP contribution in [0.25, 0.3) is 21.9 Å². The van der Waals surface area contributed by atoms with Crippen LogP contribution in [0, 0.1) is 6.92 Å². The van der Waals surface area contributed by atoms with Gasteiger partial charge in [-0.05, 0) is 30.7 Å². The third-order valence-electron chi connectivity index (χ3n) is 4.24. The van der Waals surface area contributed by atoms with E-state index in [-0.39, 0.29) is 5.43 Å². The summed E-state index contributed by atoms with van der Waals surface area (Å²) in [6.45, 7) is 9.17. The lowest BCUT2D eigenvalue weighted by molar-refractivity contribution is 0.122. The van der Waals surface area contributed by atoms with Gasteiger partial charge < -0.3 is 14.1 Å². The van der Waals surface area contributed by atoms with Gasteiger partial charge in [-0.2, -0.15) is 0 Å². The van der Waals surface area contributed by atoms with Crippen LogP contribution in [0.15, 0.2) is 45.6 Å². The summed E-state index contributed by atoms with van der Waals surface area (Å²) in [7, 11) is 0. The van der Waals surface area contributed by atoms with E-state index in [1.807, 2.05) is 51.1 Å². The Kier molecular flexibility index (Phi) is 4.86. The lowest BCUT2D eigenvalue weighted by Gasteiger charge is -2.29. The van der Waals surface area contributed by atoms with E-state index in [2.05, 4.69) is 11.0 Å². The van der Waals surface area contributed by atoms with Gasteiger partial charge in [0.05, 0.1) is 24.0 Å². The van der Waals surface area contributed by atoms with Crippen molar-refractivity contribution in [2.45, 2.75) is 20.8 Å². The molecule has 1 aliphatic heterocycles. The number of benzene rings is 2. The highest BCUT2D eigenvalue weighted by molar-refractivity contribution is 5.93. The third-order valence-corrected chi connectivity index (χ3v) is 4.24. The van der Waals surface area contributed by atoms with Gasteiger partial charge in [-0.15, -0.1) is 0 Å². The maximum Gasteiger partial charge on any atom is 0.200 e. The second kappa shape index (κ2) is 7.05. The molecule has 0 aliphatic carbocycles. The molecular weight excluding hydrogens is 302 g/mol. The molecule has 4 nitrogen and oxygen atoms in total. The minimum absolute atomic E-state index is 0.0443. The minimum Gasteiger partial charge on any atom is -0.456 e. The molecule has 3 aromatic rings. The highest BCUT2D eigenvalue weighted by Crippen LogP contribution is 2.27. The SMILES string of the molecule is CC.Cc1cc(N2CCOCC2)cc2oc3ccccc3c(=O)c12. The number of nitrogens with zero attached hydrogens (tertiary/aromatic N) is 1. The molecule has 4 rings (SSSR count). The predicted octanol–water partition coefficient (Wildman–Crippen LogP) is 4.12. The molecule has 0 radical (unpaired) electrons. The van der Waals surface area contributed by atoms with Gasteiger partial charge in [-0.25, -0.2) is 0 Å². The molecule has 0 spiro atoms. The lowest BCUT2D eigenvalue weighted by atomic mass is 10.1. The number of fused-ring (bicyclic) bond motifs is 2. The number of anilines is 1. The predicted molar refractivity (Wildman–Crippen MR) is 99.1 cm³/mol. The number of ether oxygens (including phenoxy) is 1. The Bertz CT molecular complexity index is 908. The van der Waals surface area contributed by atoms with Crippen molar-refractivity contribution in [3.8, 4) is 0 Å². The molecule has 0 atom stereocenters. The third kappa shape index (κ3) is 2.89. The van der Waals surface area contributed by atoms with Gasteiger partial charge >= 0.3 is 0 Å². The lowest BCUT2D eigenvalue weighted by Crippen LogP contribution is -2.36. The molecule has 1 aliphatic rings. The van der Waals surface area contributed by atoms with E-state index in [0.717, 1.165) is 37.6 Å². The standard InChI is InChI=1S/C18H17NO3.C2H6/c1-12-10-13(19-6-8-21-9-7-19)11-16-17(12)18(20)14-4-2-3-5-15(14)22-16;1-2/h2-5,10-11H,6-9H2,1H3;1-2H3. The van der Waals surface area contributed by atoms with Crippen LogP contribution in [0.2, 0.25) is 0 Å². The summed E-state index contributed by atoms with van der Waals surface area (Å²) < 4.78 is 11.4. The van der Waals surface area contributed by atoms with Crippen LogP contribution in [-0.4, -0.2) is 26.3 Å². The van der Waals surface area contributed by atoms with Crippen LogP contribution in [0.5, 0.6) is 0 Å². The summed E-state index contributed by atoms with van der Waals surface area (Å²) in [5, 5.41) is 1.31. The van der Waals surface area contributed by atoms with Gasteiger partial charge in [0.2, 0.25) is 5.43 Å². The van der Waals surface area contributed by atoms with Gasteiger partial charge in [0, 0.05) is 24.8 Å². The van der Waals surface area contributed by atoms with Crippen LogP contribution in [0.1, 0.15) is 19.4 Å². The molecule has 4 heteroatoms. The normalized spacial score (nSPS) is 14.5. The van der Waals surface area contributed by atoms with Gasteiger partial charge in [-0.3, -0.25) is 4.79 Å². The van der Waals surface area contributed by atoms with E-state index in [0.29, 0.717) is 21.9 Å². The second-order valence-corrected chi connectivity index (χ2v) is 5.66. The zero-order valence-corrected chi connectivity index (χ0v) is 14.5. The first-order chi connectivity index (χ1) is 11.7. The Morgan fingerprint density at radius 1 is 1.00 bits per heavy atom. The van der Waals surface area contributed by atoms with Gasteiger partial charge in [0.15, 0.2) is 0 Å². The monoisotopic (exact) mass is 325 g/mol. The maximum absolute atomic E-state index is 12.7. The van der Waals surface area contributed by atoms with E-state index in [1.165, 1.54) is 0 Å². The summed E-state index contributed by atoms with van der Waals surface area (Å²) >= 11 is 0. The summed E-state index contributed by atoms with van der Waals surface area (Å²) in [6.07, 6.45) is 0. The number of rotatable bonds is 1. The highest BCUT2D eigenvalue weighted by atomic mass is 16.5. The Morgan fingerprint density at radius 3 is 2.46 bits per heavy atom. The van der Waals surface area contributed by atoms with Crippen molar-refractivity contribution in [3.63, 3.8) is 0 Å². The van der Waals surface area contributed by atoms with Crippen molar-refractivity contribution in [1.29, 1.82) is 0 Å². The minimum atomic E-state index is 0.0443. The van der Waals surface area contributed by atoms with Crippen LogP contribution in [0.4, 0.5) is 5.69 Å². The fraction of sp³-hybridized carbons (Fsp3) is 0.350. The molecule has 0 amide bonds. The largest absolute Gasteiger partial charge is 0.456 e. The molecule has 126 valence electrons. The number of hydrogen-bond acceptors (Lipinski definition) is 4. The zero-order valence-electron chi connectivity index (χ0n) is 14.5. The summed E-state index contributed by atoms with van der Waals surface area (Å²) in [5.74, 6) is 0.